The van der Waals surface area contributed by atoms with E-state index in [0.29, 0.717) is 37.3 Å². The number of ether oxygens (including phenoxy) is 1. The van der Waals surface area contributed by atoms with E-state index in [-0.39, 0.29) is 17.6 Å². The van der Waals surface area contributed by atoms with Crippen LogP contribution in [0.15, 0.2) is 54.9 Å². The van der Waals surface area contributed by atoms with Gasteiger partial charge in [0.1, 0.15) is 18.2 Å². The van der Waals surface area contributed by atoms with E-state index in [4.69, 9.17) is 10.00 Å². The molecule has 1 aliphatic carbocycles. The Hall–Kier alpha value is -4.21. The van der Waals surface area contributed by atoms with Crippen LogP contribution in [0.25, 0.3) is 0 Å². The number of nitrogens with one attached hydrogen (secondary N) is 1. The van der Waals surface area contributed by atoms with Crippen molar-refractivity contribution >= 4 is 17.2 Å². The molecule has 1 spiro atoms. The van der Waals surface area contributed by atoms with Crippen molar-refractivity contribution < 1.29 is 31.1 Å². The quantitative estimate of drug-likeness (QED) is 0.302. The summed E-state index contributed by atoms with van der Waals surface area (Å²) >= 11 is 0. The summed E-state index contributed by atoms with van der Waals surface area (Å²) in [4.78, 5) is 13.0. The van der Waals surface area contributed by atoms with E-state index in [9.17, 15) is 26.3 Å². The van der Waals surface area contributed by atoms with Crippen molar-refractivity contribution in [3.05, 3.63) is 71.5 Å². The summed E-state index contributed by atoms with van der Waals surface area (Å²) in [5.74, 6) is 1.22. The van der Waals surface area contributed by atoms with Gasteiger partial charge in [0, 0.05) is 55.1 Å². The molecule has 1 aromatic heterocycles. The van der Waals surface area contributed by atoms with Crippen LogP contribution in [0.1, 0.15) is 48.8 Å². The summed E-state index contributed by atoms with van der Waals surface area (Å²) in [7, 11) is 0. The molecule has 0 amide bonds. The number of aromatic nitrogens is 2. The van der Waals surface area contributed by atoms with Crippen LogP contribution in [0.5, 0.6) is 5.88 Å². The van der Waals surface area contributed by atoms with Crippen molar-refractivity contribution in [1.82, 2.24) is 9.97 Å². The van der Waals surface area contributed by atoms with E-state index < -0.39 is 29.0 Å². The molecule has 3 heterocycles. The molecule has 0 bridgehead atoms. The predicted octanol–water partition coefficient (Wildman–Crippen LogP) is 6.90. The summed E-state index contributed by atoms with van der Waals surface area (Å²) in [5.41, 5.74) is -0.824. The Morgan fingerprint density at radius 3 is 2.23 bits per heavy atom. The molecule has 1 saturated carbocycles. The second kappa shape index (κ2) is 11.4. The van der Waals surface area contributed by atoms with Gasteiger partial charge in [0.2, 0.25) is 5.88 Å². The number of anilines is 3. The lowest BCUT2D eigenvalue weighted by Gasteiger charge is -2.48. The lowest BCUT2D eigenvalue weighted by atomic mass is 9.79. The third kappa shape index (κ3) is 6.34. The van der Waals surface area contributed by atoms with Gasteiger partial charge in [-0.2, -0.15) is 31.6 Å². The van der Waals surface area contributed by atoms with Gasteiger partial charge in [0.05, 0.1) is 22.8 Å². The second-order valence-electron chi connectivity index (χ2n) is 11.9. The number of rotatable bonds is 6. The minimum absolute atomic E-state index is 0.0179. The Kier molecular flexibility index (Phi) is 7.71. The number of hydrogen-bond donors (Lipinski definition) is 1. The molecule has 0 unspecified atom stereocenters. The van der Waals surface area contributed by atoms with Crippen molar-refractivity contribution in [1.29, 1.82) is 5.26 Å². The van der Waals surface area contributed by atoms with Crippen molar-refractivity contribution in [2.24, 2.45) is 5.41 Å². The molecule has 6 rings (SSSR count). The lowest BCUT2D eigenvalue weighted by Crippen LogP contribution is -2.58. The average molecular weight is 617 g/mol. The topological polar surface area (TPSA) is 77.3 Å². The largest absolute Gasteiger partial charge is 0.474 e. The summed E-state index contributed by atoms with van der Waals surface area (Å²) in [5, 5.41) is 12.2. The van der Waals surface area contributed by atoms with Crippen molar-refractivity contribution in [2.45, 2.75) is 56.6 Å². The summed E-state index contributed by atoms with van der Waals surface area (Å²) in [6.07, 6.45) is -3.83. The predicted molar refractivity (Wildman–Crippen MR) is 151 cm³/mol. The fourth-order valence-corrected chi connectivity index (χ4v) is 6.47. The first-order valence-electron chi connectivity index (χ1n) is 14.4. The monoisotopic (exact) mass is 616 g/mol. The fourth-order valence-electron chi connectivity index (χ4n) is 6.47. The molecule has 2 saturated heterocycles. The Morgan fingerprint density at radius 2 is 1.57 bits per heavy atom. The fraction of sp³-hybridized carbons (Fsp3) is 0.452. The normalized spacial score (nSPS) is 21.6. The zero-order valence-corrected chi connectivity index (χ0v) is 23.6. The van der Waals surface area contributed by atoms with E-state index in [1.165, 1.54) is 30.6 Å². The van der Waals surface area contributed by atoms with Gasteiger partial charge in [-0.05, 0) is 74.6 Å². The maximum atomic E-state index is 13.3. The molecular weight excluding hydrogens is 586 g/mol. The number of alkyl halides is 6. The molecule has 44 heavy (non-hydrogen) atoms. The number of halogens is 6. The lowest BCUT2D eigenvalue weighted by molar-refractivity contribution is -0.138. The van der Waals surface area contributed by atoms with Crippen LogP contribution < -0.4 is 19.9 Å². The zero-order valence-electron chi connectivity index (χ0n) is 23.6. The number of benzene rings is 2. The standard InChI is InChI=1S/C31H30F6N6O/c32-30(33,34)21-2-7-24(8-3-21)42-12-11-29(16-42)17-43(18-29)27-14-28(40-19-39-27)44-25-9-5-22(6-10-25)41-23-4-1-20(15-38)26(13-23)31(35,36)37/h1-4,7-8,13-14,19,22,25,41H,5-6,9-12,16-18H2. The molecule has 3 aliphatic rings. The molecule has 0 radical (unpaired) electrons. The second-order valence-corrected chi connectivity index (χ2v) is 11.9. The van der Waals surface area contributed by atoms with Gasteiger partial charge in [-0.15, -0.1) is 0 Å². The van der Waals surface area contributed by atoms with Gasteiger partial charge in [-0.25, -0.2) is 9.97 Å². The van der Waals surface area contributed by atoms with Gasteiger partial charge >= 0.3 is 12.4 Å². The van der Waals surface area contributed by atoms with E-state index in [0.717, 1.165) is 62.3 Å². The zero-order chi connectivity index (χ0) is 31.1. The van der Waals surface area contributed by atoms with Crippen LogP contribution in [0, 0.1) is 16.7 Å². The summed E-state index contributed by atoms with van der Waals surface area (Å²) in [6, 6.07) is 12.4. The first-order valence-corrected chi connectivity index (χ1v) is 14.4. The highest BCUT2D eigenvalue weighted by molar-refractivity contribution is 5.54. The van der Waals surface area contributed by atoms with Crippen LogP contribution in [0.3, 0.4) is 0 Å². The Morgan fingerprint density at radius 1 is 0.864 bits per heavy atom. The number of nitrogens with zero attached hydrogens (tertiary/aromatic N) is 5. The SMILES string of the molecule is N#Cc1ccc(NC2CCC(Oc3cc(N4CC5(CCN(c6ccc(C(F)(F)F)cc6)C5)C4)ncn3)CC2)cc1C(F)(F)F. The average Bonchev–Trinajstić information content (AvgIpc) is 3.43. The van der Waals surface area contributed by atoms with Crippen molar-refractivity contribution in [3.8, 4) is 11.9 Å². The van der Waals surface area contributed by atoms with Crippen molar-refractivity contribution in [3.63, 3.8) is 0 Å². The minimum Gasteiger partial charge on any atom is -0.474 e. The molecule has 232 valence electrons. The molecule has 3 aromatic rings. The van der Waals surface area contributed by atoms with Crippen LogP contribution in [0.4, 0.5) is 43.5 Å². The Bertz CT molecular complexity index is 1520. The maximum absolute atomic E-state index is 13.3. The number of hydrogen-bond acceptors (Lipinski definition) is 7. The molecule has 1 N–H and O–H groups in total. The van der Waals surface area contributed by atoms with Gasteiger partial charge in [-0.1, -0.05) is 0 Å². The molecular formula is C31H30F6N6O. The molecule has 3 fully saturated rings. The van der Waals surface area contributed by atoms with E-state index in [2.05, 4.69) is 25.1 Å². The molecule has 7 nitrogen and oxygen atoms in total. The first-order chi connectivity index (χ1) is 20.9. The van der Waals surface area contributed by atoms with Crippen LogP contribution >= 0.6 is 0 Å². The highest BCUT2D eigenvalue weighted by atomic mass is 19.4. The molecule has 0 atom stereocenters. The van der Waals surface area contributed by atoms with Gasteiger partial charge in [0.25, 0.3) is 0 Å². The first kappa shape index (κ1) is 29.8. The Balaban J connectivity index is 0.989. The van der Waals surface area contributed by atoms with E-state index >= 15 is 0 Å². The highest BCUT2D eigenvalue weighted by Crippen LogP contribution is 2.43. The van der Waals surface area contributed by atoms with Crippen LogP contribution in [-0.2, 0) is 12.4 Å². The van der Waals surface area contributed by atoms with Crippen molar-refractivity contribution in [2.75, 3.05) is 41.3 Å². The van der Waals surface area contributed by atoms with Crippen LogP contribution in [0.2, 0.25) is 0 Å². The van der Waals surface area contributed by atoms with Gasteiger partial charge < -0.3 is 19.9 Å². The van der Waals surface area contributed by atoms with Crippen LogP contribution in [-0.4, -0.2) is 48.3 Å². The molecule has 13 heteroatoms. The molecule has 2 aromatic carbocycles. The summed E-state index contributed by atoms with van der Waals surface area (Å²) in [6.45, 7) is 3.11. The smallest absolute Gasteiger partial charge is 0.417 e. The minimum atomic E-state index is -4.60. The number of nitriles is 1. The third-order valence-electron chi connectivity index (χ3n) is 8.78. The highest BCUT2D eigenvalue weighted by Gasteiger charge is 2.48. The van der Waals surface area contributed by atoms with Gasteiger partial charge in [0.15, 0.2) is 0 Å². The molecule has 2 aliphatic heterocycles. The van der Waals surface area contributed by atoms with E-state index in [1.807, 2.05) is 6.07 Å². The van der Waals surface area contributed by atoms with E-state index in [1.54, 1.807) is 6.07 Å². The van der Waals surface area contributed by atoms with Gasteiger partial charge in [-0.3, -0.25) is 0 Å². The maximum Gasteiger partial charge on any atom is 0.417 e. The Labute approximate surface area is 250 Å². The third-order valence-corrected chi connectivity index (χ3v) is 8.78. The summed E-state index contributed by atoms with van der Waals surface area (Å²) < 4.78 is 84.9.